The van der Waals surface area contributed by atoms with Crippen LogP contribution < -0.4 is 20.3 Å². The van der Waals surface area contributed by atoms with Crippen LogP contribution in [0.15, 0.2) is 77.6 Å². The van der Waals surface area contributed by atoms with Crippen molar-refractivity contribution in [2.45, 2.75) is 62.6 Å². The Morgan fingerprint density at radius 3 is 2.45 bits per heavy atom. The van der Waals surface area contributed by atoms with Crippen LogP contribution in [0, 0.1) is 5.92 Å². The fourth-order valence-electron chi connectivity index (χ4n) is 8.47. The lowest BCUT2D eigenvalue weighted by Crippen LogP contribution is -2.55. The summed E-state index contributed by atoms with van der Waals surface area (Å²) in [5.41, 5.74) is 1.29. The number of aromatic nitrogens is 1. The van der Waals surface area contributed by atoms with Gasteiger partial charge in [0, 0.05) is 43.2 Å². The second-order valence-electron chi connectivity index (χ2n) is 15.1. The minimum Gasteiger partial charge on any atom is -0.506 e. The number of amides is 1. The molecule has 12 heteroatoms. The summed E-state index contributed by atoms with van der Waals surface area (Å²) in [6, 6.07) is 21.3. The van der Waals surface area contributed by atoms with Crippen LogP contribution in [0.5, 0.6) is 17.2 Å². The van der Waals surface area contributed by atoms with Crippen molar-refractivity contribution >= 4 is 22.8 Å². The van der Waals surface area contributed by atoms with E-state index in [1.807, 2.05) is 35.2 Å². The smallest absolute Gasteiger partial charge is 0.317 e. The van der Waals surface area contributed by atoms with Crippen LogP contribution in [0.2, 0.25) is 0 Å². The molecule has 2 atom stereocenters. The first-order chi connectivity index (χ1) is 26.8. The summed E-state index contributed by atoms with van der Waals surface area (Å²) in [6.07, 6.45) is 4.86. The van der Waals surface area contributed by atoms with Crippen LogP contribution in [0.4, 0.5) is 0 Å². The number of carbonyl (C=O) groups is 2. The second-order valence-corrected chi connectivity index (χ2v) is 15.1. The van der Waals surface area contributed by atoms with Crippen molar-refractivity contribution in [3.63, 3.8) is 0 Å². The zero-order chi connectivity index (χ0) is 38.4. The molecular weight excluding hydrogens is 700 g/mol. The second kappa shape index (κ2) is 17.3. The lowest BCUT2D eigenvalue weighted by Gasteiger charge is -2.46. The molecule has 5 heterocycles. The van der Waals surface area contributed by atoms with Crippen LogP contribution in [0.3, 0.4) is 0 Å². The number of methoxy groups -OCH3 is 1. The molecule has 4 aromatic rings. The molecule has 292 valence electrons. The van der Waals surface area contributed by atoms with E-state index in [4.69, 9.17) is 14.2 Å². The standard InChI is InChI=1S/C43H52N4O8/c1-53-37-26-30(10-14-36(37)54-25-7-3-6-20-44-27-35(49)32-11-13-34(48)40-33(32)12-15-39(50)45-40)41(51)47-23-18-43(19-24-47,31-8-4-2-5-9-31)42(52)55-38-28-46-21-16-29(38)17-22-46/h2,4-5,8-15,26,29,35,38,44,48-49H,3,6-7,16-25,27-28H2,1H3,(H,45,50). The fourth-order valence-corrected chi connectivity index (χ4v) is 8.47. The van der Waals surface area contributed by atoms with Crippen molar-refractivity contribution in [3.8, 4) is 17.2 Å². The Balaban J connectivity index is 0.868. The maximum Gasteiger partial charge on any atom is 0.317 e. The van der Waals surface area contributed by atoms with Gasteiger partial charge in [-0.3, -0.25) is 19.3 Å². The lowest BCUT2D eigenvalue weighted by atomic mass is 9.72. The van der Waals surface area contributed by atoms with Gasteiger partial charge in [0.1, 0.15) is 11.9 Å². The van der Waals surface area contributed by atoms with Crippen molar-refractivity contribution in [1.29, 1.82) is 0 Å². The third kappa shape index (κ3) is 8.51. The monoisotopic (exact) mass is 752 g/mol. The molecule has 4 aliphatic heterocycles. The molecule has 0 saturated carbocycles. The number of benzene rings is 3. The molecule has 0 spiro atoms. The van der Waals surface area contributed by atoms with Crippen LogP contribution in [0.1, 0.15) is 72.5 Å². The highest BCUT2D eigenvalue weighted by Gasteiger charge is 2.47. The number of H-pyrrole nitrogens is 1. The van der Waals surface area contributed by atoms with Gasteiger partial charge in [-0.05, 0) is 112 Å². The first-order valence-corrected chi connectivity index (χ1v) is 19.6. The number of ether oxygens (including phenoxy) is 3. The quantitative estimate of drug-likeness (QED) is 0.0972. The van der Waals surface area contributed by atoms with Gasteiger partial charge >= 0.3 is 5.97 Å². The van der Waals surface area contributed by atoms with Crippen LogP contribution in [-0.2, 0) is 14.9 Å². The number of rotatable bonds is 15. The highest BCUT2D eigenvalue weighted by Crippen LogP contribution is 2.40. The van der Waals surface area contributed by atoms with Gasteiger partial charge in [-0.25, -0.2) is 0 Å². The molecule has 0 aliphatic carbocycles. The number of carbonyl (C=O) groups excluding carboxylic acids is 2. The predicted octanol–water partition coefficient (Wildman–Crippen LogP) is 4.93. The summed E-state index contributed by atoms with van der Waals surface area (Å²) < 4.78 is 18.0. The Morgan fingerprint density at radius 2 is 1.73 bits per heavy atom. The molecule has 8 rings (SSSR count). The molecule has 4 aliphatic rings. The minimum atomic E-state index is -0.805. The van der Waals surface area contributed by atoms with Gasteiger partial charge in [0.2, 0.25) is 5.56 Å². The fraction of sp³-hybridized carbons (Fsp3) is 0.465. The number of aromatic hydroxyl groups is 1. The van der Waals surface area contributed by atoms with Crippen molar-refractivity contribution in [2.75, 3.05) is 59.5 Å². The highest BCUT2D eigenvalue weighted by molar-refractivity contribution is 5.95. The molecule has 0 radical (unpaired) electrons. The average molecular weight is 753 g/mol. The van der Waals surface area contributed by atoms with Crippen molar-refractivity contribution < 1.29 is 34.0 Å². The average Bonchev–Trinajstić information content (AvgIpc) is 3.22. The molecule has 12 nitrogen and oxygen atoms in total. The molecule has 4 fully saturated rings. The number of esters is 1. The number of nitrogens with one attached hydrogen (secondary N) is 2. The third-order valence-electron chi connectivity index (χ3n) is 11.7. The zero-order valence-electron chi connectivity index (χ0n) is 31.5. The summed E-state index contributed by atoms with van der Waals surface area (Å²) in [5.74, 6) is 1.18. The summed E-state index contributed by atoms with van der Waals surface area (Å²) in [6.45, 7) is 5.36. The van der Waals surface area contributed by atoms with E-state index in [0.717, 1.165) is 57.3 Å². The largest absolute Gasteiger partial charge is 0.506 e. The Labute approximate surface area is 321 Å². The third-order valence-corrected chi connectivity index (χ3v) is 11.7. The normalized spacial score (nSPS) is 20.9. The van der Waals surface area contributed by atoms with E-state index in [0.29, 0.717) is 85.1 Å². The Bertz CT molecular complexity index is 2000. The molecular formula is C43H52N4O8. The maximum absolute atomic E-state index is 14.0. The van der Waals surface area contributed by atoms with E-state index in [-0.39, 0.29) is 29.3 Å². The number of aliphatic hydroxyl groups excluding tert-OH is 1. The lowest BCUT2D eigenvalue weighted by molar-refractivity contribution is -0.167. The highest BCUT2D eigenvalue weighted by atomic mass is 16.5. The predicted molar refractivity (Wildman–Crippen MR) is 209 cm³/mol. The van der Waals surface area contributed by atoms with Gasteiger partial charge < -0.3 is 39.6 Å². The first kappa shape index (κ1) is 38.4. The van der Waals surface area contributed by atoms with Gasteiger partial charge in [-0.1, -0.05) is 36.4 Å². The minimum absolute atomic E-state index is 0.0376. The Kier molecular flexibility index (Phi) is 12.0. The van der Waals surface area contributed by atoms with Crippen molar-refractivity contribution in [1.82, 2.24) is 20.1 Å². The van der Waals surface area contributed by atoms with Gasteiger partial charge in [0.15, 0.2) is 11.5 Å². The van der Waals surface area contributed by atoms with Gasteiger partial charge in [-0.15, -0.1) is 0 Å². The van der Waals surface area contributed by atoms with E-state index in [1.165, 1.54) is 12.1 Å². The number of pyridine rings is 1. The zero-order valence-corrected chi connectivity index (χ0v) is 31.5. The van der Waals surface area contributed by atoms with E-state index in [9.17, 15) is 24.6 Å². The molecule has 4 N–H and O–H groups in total. The van der Waals surface area contributed by atoms with E-state index in [1.54, 1.807) is 37.4 Å². The first-order valence-electron chi connectivity index (χ1n) is 19.6. The molecule has 1 amide bonds. The number of phenolic OH excluding ortho intramolecular Hbond substituents is 1. The molecule has 1 aromatic heterocycles. The summed E-state index contributed by atoms with van der Waals surface area (Å²) >= 11 is 0. The van der Waals surface area contributed by atoms with Crippen molar-refractivity contribution in [3.05, 3.63) is 99.8 Å². The summed E-state index contributed by atoms with van der Waals surface area (Å²) in [7, 11) is 1.56. The van der Waals surface area contributed by atoms with E-state index in [2.05, 4.69) is 15.2 Å². The van der Waals surface area contributed by atoms with Gasteiger partial charge in [-0.2, -0.15) is 0 Å². The molecule has 3 aromatic carbocycles. The molecule has 55 heavy (non-hydrogen) atoms. The number of aromatic amines is 1. The Hall–Kier alpha value is -4.91. The van der Waals surface area contributed by atoms with Gasteiger partial charge in [0.05, 0.1) is 30.8 Å². The number of fused-ring (bicyclic) bond motifs is 4. The van der Waals surface area contributed by atoms with Gasteiger partial charge in [0.25, 0.3) is 5.91 Å². The number of aliphatic hydroxyl groups is 1. The topological polar surface area (TPSA) is 154 Å². The summed E-state index contributed by atoms with van der Waals surface area (Å²) in [4.78, 5) is 46.3. The van der Waals surface area contributed by atoms with E-state index < -0.39 is 11.5 Å². The SMILES string of the molecule is COc1cc(C(=O)N2CCC(C(=O)OC3CN4CCC3CC4)(c3ccccc3)CC2)ccc1OCCCCCNCC(O)c1ccc(O)c2[nH]c(=O)ccc12. The number of unbranched alkanes of at least 4 members (excludes halogenated alkanes) is 2. The molecule has 2 unspecified atom stereocenters. The number of likely N-dealkylation sites (tertiary alicyclic amines) is 1. The summed E-state index contributed by atoms with van der Waals surface area (Å²) in [5, 5.41) is 24.7. The maximum atomic E-state index is 14.0. The van der Waals surface area contributed by atoms with E-state index >= 15 is 0 Å². The molecule has 4 saturated heterocycles. The number of phenols is 1. The number of hydrogen-bond acceptors (Lipinski definition) is 10. The molecule has 2 bridgehead atoms. The number of piperidine rings is 4. The number of nitrogens with zero attached hydrogens (tertiary/aromatic N) is 2. The number of hydrogen-bond donors (Lipinski definition) is 4. The van der Waals surface area contributed by atoms with Crippen LogP contribution in [0.25, 0.3) is 10.9 Å². The Morgan fingerprint density at radius 1 is 0.945 bits per heavy atom. The van der Waals surface area contributed by atoms with Crippen molar-refractivity contribution in [2.24, 2.45) is 5.92 Å². The van der Waals surface area contributed by atoms with Crippen LogP contribution in [-0.4, -0.2) is 103 Å². The van der Waals surface area contributed by atoms with Crippen LogP contribution >= 0.6 is 0 Å².